The summed E-state index contributed by atoms with van der Waals surface area (Å²) < 4.78 is 5.02. The number of allylic oxidation sites excluding steroid dienone is 1. The van der Waals surface area contributed by atoms with Crippen molar-refractivity contribution >= 4 is 17.6 Å². The lowest BCUT2D eigenvalue weighted by Gasteiger charge is -2.01. The Kier molecular flexibility index (Phi) is 5.02. The van der Waals surface area contributed by atoms with E-state index in [9.17, 15) is 4.79 Å². The second-order valence-electron chi connectivity index (χ2n) is 3.73. The molecule has 14 heavy (non-hydrogen) atoms. The molecule has 3 heteroatoms. The van der Waals surface area contributed by atoms with Crippen LogP contribution in [-0.4, -0.2) is 18.5 Å². The summed E-state index contributed by atoms with van der Waals surface area (Å²) in [4.78, 5) is 11.2. The number of esters is 1. The van der Waals surface area contributed by atoms with Gasteiger partial charge in [0.05, 0.1) is 6.61 Å². The fourth-order valence-electron chi connectivity index (χ4n) is 1.25. The fourth-order valence-corrected chi connectivity index (χ4v) is 1.44. The first kappa shape index (κ1) is 11.6. The van der Waals surface area contributed by atoms with Crippen molar-refractivity contribution in [1.29, 1.82) is 0 Å². The van der Waals surface area contributed by atoms with Gasteiger partial charge in [-0.25, -0.2) is 4.79 Å². The molecule has 0 N–H and O–H groups in total. The van der Waals surface area contributed by atoms with Gasteiger partial charge >= 0.3 is 5.97 Å². The van der Waals surface area contributed by atoms with Gasteiger partial charge < -0.3 is 4.74 Å². The number of hydrogen-bond acceptors (Lipinski definition) is 2. The summed E-state index contributed by atoms with van der Waals surface area (Å²) in [6.07, 6.45) is 5.83. The average molecular weight is 217 g/mol. The first-order chi connectivity index (χ1) is 6.74. The van der Waals surface area contributed by atoms with Gasteiger partial charge in [-0.3, -0.25) is 0 Å². The molecule has 80 valence electrons. The molecule has 0 bridgehead atoms. The minimum atomic E-state index is -0.205. The van der Waals surface area contributed by atoms with Crippen molar-refractivity contribution in [2.75, 3.05) is 12.5 Å². The molecule has 1 aliphatic rings. The van der Waals surface area contributed by atoms with Crippen LogP contribution in [0.3, 0.4) is 0 Å². The lowest BCUT2D eigenvalue weighted by molar-refractivity contribution is -0.137. The van der Waals surface area contributed by atoms with Crippen molar-refractivity contribution in [2.45, 2.75) is 32.6 Å². The second kappa shape index (κ2) is 6.07. The van der Waals surface area contributed by atoms with Gasteiger partial charge in [-0.05, 0) is 38.5 Å². The summed E-state index contributed by atoms with van der Waals surface area (Å²) in [5.74, 6) is 1.07. The Hall–Kier alpha value is -0.500. The van der Waals surface area contributed by atoms with Gasteiger partial charge in [0, 0.05) is 12.0 Å². The molecular weight excluding hydrogens is 200 g/mol. The number of ether oxygens (including phenoxy) is 1. The van der Waals surface area contributed by atoms with E-state index in [0.717, 1.165) is 18.4 Å². The first-order valence-electron chi connectivity index (χ1n) is 5.15. The van der Waals surface area contributed by atoms with Crippen molar-refractivity contribution in [2.24, 2.45) is 5.92 Å². The average Bonchev–Trinajstić information content (AvgIpc) is 2.95. The number of unbranched alkanes of at least 4 members (excludes halogenated alkanes) is 1. The normalized spacial score (nSPS) is 16.9. The van der Waals surface area contributed by atoms with Crippen LogP contribution in [0.5, 0.6) is 0 Å². The van der Waals surface area contributed by atoms with Crippen molar-refractivity contribution in [3.05, 3.63) is 11.6 Å². The minimum Gasteiger partial charge on any atom is -0.463 e. The summed E-state index contributed by atoms with van der Waals surface area (Å²) in [5.41, 5.74) is 1.16. The molecule has 0 aromatic heterocycles. The summed E-state index contributed by atoms with van der Waals surface area (Å²) in [5, 5.41) is 0. The van der Waals surface area contributed by atoms with E-state index in [1.54, 1.807) is 6.08 Å². The van der Waals surface area contributed by atoms with Crippen LogP contribution in [0, 0.1) is 5.92 Å². The lowest BCUT2D eigenvalue weighted by atomic mass is 10.2. The molecule has 0 aromatic carbocycles. The van der Waals surface area contributed by atoms with E-state index in [0.29, 0.717) is 18.4 Å². The second-order valence-corrected chi connectivity index (χ2v) is 4.10. The molecule has 2 nitrogen and oxygen atoms in total. The third-order valence-corrected chi connectivity index (χ3v) is 2.61. The van der Waals surface area contributed by atoms with Crippen LogP contribution in [0.15, 0.2) is 11.6 Å². The highest BCUT2D eigenvalue weighted by Crippen LogP contribution is 2.35. The van der Waals surface area contributed by atoms with Crippen molar-refractivity contribution in [3.8, 4) is 0 Å². The van der Waals surface area contributed by atoms with E-state index in [-0.39, 0.29) is 5.97 Å². The van der Waals surface area contributed by atoms with Crippen LogP contribution in [0.4, 0.5) is 0 Å². The number of rotatable bonds is 6. The number of carbonyl (C=O) groups excluding carboxylic acids is 1. The van der Waals surface area contributed by atoms with Crippen LogP contribution in [0.2, 0.25) is 0 Å². The monoisotopic (exact) mass is 216 g/mol. The van der Waals surface area contributed by atoms with E-state index < -0.39 is 0 Å². The summed E-state index contributed by atoms with van der Waals surface area (Å²) >= 11 is 5.50. The zero-order valence-electron chi connectivity index (χ0n) is 8.59. The first-order valence-corrected chi connectivity index (χ1v) is 5.68. The predicted molar refractivity (Wildman–Crippen MR) is 57.4 cm³/mol. The molecule has 0 spiro atoms. The molecule has 0 atom stereocenters. The highest BCUT2D eigenvalue weighted by molar-refractivity contribution is 6.17. The van der Waals surface area contributed by atoms with Gasteiger partial charge in [0.1, 0.15) is 0 Å². The summed E-state index contributed by atoms with van der Waals surface area (Å²) in [7, 11) is 0. The van der Waals surface area contributed by atoms with E-state index in [1.807, 2.05) is 6.92 Å². The topological polar surface area (TPSA) is 26.3 Å². The van der Waals surface area contributed by atoms with Gasteiger partial charge in [0.15, 0.2) is 0 Å². The Bertz CT molecular complexity index is 219. The number of alkyl halides is 1. The highest BCUT2D eigenvalue weighted by atomic mass is 35.5. The van der Waals surface area contributed by atoms with E-state index in [1.165, 1.54) is 12.8 Å². The lowest BCUT2D eigenvalue weighted by Crippen LogP contribution is -2.03. The molecule has 0 aromatic rings. The van der Waals surface area contributed by atoms with Crippen LogP contribution in [0.1, 0.15) is 32.6 Å². The highest BCUT2D eigenvalue weighted by Gasteiger charge is 2.23. The minimum absolute atomic E-state index is 0.205. The van der Waals surface area contributed by atoms with Crippen LogP contribution in [0.25, 0.3) is 0 Å². The smallest absolute Gasteiger partial charge is 0.330 e. The molecule has 0 radical (unpaired) electrons. The largest absolute Gasteiger partial charge is 0.463 e. The zero-order chi connectivity index (χ0) is 10.4. The Labute approximate surface area is 90.3 Å². The summed E-state index contributed by atoms with van der Waals surface area (Å²) in [6, 6.07) is 0. The Morgan fingerprint density at radius 1 is 1.50 bits per heavy atom. The van der Waals surface area contributed by atoms with Crippen LogP contribution in [-0.2, 0) is 9.53 Å². The standard InChI is InChI=1S/C11H17ClO2/c1-9(10-4-5-10)8-11(13)14-7-3-2-6-12/h8,10H,2-7H2,1H3/b9-8+. The molecule has 1 aliphatic carbocycles. The van der Waals surface area contributed by atoms with Gasteiger partial charge in [0.25, 0.3) is 0 Å². The molecule has 1 rings (SSSR count). The predicted octanol–water partition coefficient (Wildman–Crippen LogP) is 2.90. The van der Waals surface area contributed by atoms with Crippen LogP contribution < -0.4 is 0 Å². The number of hydrogen-bond donors (Lipinski definition) is 0. The fraction of sp³-hybridized carbons (Fsp3) is 0.727. The molecule has 0 saturated heterocycles. The molecule has 0 heterocycles. The maximum absolute atomic E-state index is 11.2. The van der Waals surface area contributed by atoms with Crippen LogP contribution >= 0.6 is 11.6 Å². The third-order valence-electron chi connectivity index (χ3n) is 2.34. The van der Waals surface area contributed by atoms with Crippen molar-refractivity contribution < 1.29 is 9.53 Å². The van der Waals surface area contributed by atoms with Crippen molar-refractivity contribution in [1.82, 2.24) is 0 Å². The quantitative estimate of drug-likeness (QED) is 0.295. The Balaban J connectivity index is 2.11. The molecule has 0 unspecified atom stereocenters. The van der Waals surface area contributed by atoms with E-state index >= 15 is 0 Å². The van der Waals surface area contributed by atoms with Gasteiger partial charge in [0.2, 0.25) is 0 Å². The summed E-state index contributed by atoms with van der Waals surface area (Å²) in [6.45, 7) is 2.48. The maximum atomic E-state index is 11.2. The molecule has 0 amide bonds. The number of carbonyl (C=O) groups is 1. The Morgan fingerprint density at radius 2 is 2.21 bits per heavy atom. The molecule has 1 saturated carbocycles. The molecular formula is C11H17ClO2. The SMILES string of the molecule is C/C(=C\C(=O)OCCCCCl)C1CC1. The van der Waals surface area contributed by atoms with E-state index in [2.05, 4.69) is 0 Å². The van der Waals surface area contributed by atoms with E-state index in [4.69, 9.17) is 16.3 Å². The zero-order valence-corrected chi connectivity index (χ0v) is 9.35. The van der Waals surface area contributed by atoms with Gasteiger partial charge in [-0.15, -0.1) is 11.6 Å². The van der Waals surface area contributed by atoms with Gasteiger partial charge in [-0.2, -0.15) is 0 Å². The maximum Gasteiger partial charge on any atom is 0.330 e. The van der Waals surface area contributed by atoms with Gasteiger partial charge in [-0.1, -0.05) is 5.57 Å². The number of halogens is 1. The molecule has 0 aliphatic heterocycles. The third kappa shape index (κ3) is 4.66. The molecule has 1 fully saturated rings. The Morgan fingerprint density at radius 3 is 2.79 bits per heavy atom. The van der Waals surface area contributed by atoms with Crippen molar-refractivity contribution in [3.63, 3.8) is 0 Å².